The third-order valence-corrected chi connectivity index (χ3v) is 5.73. The molecule has 2 aromatic carbocycles. The van der Waals surface area contributed by atoms with Crippen molar-refractivity contribution < 1.29 is 13.9 Å². The Hall–Kier alpha value is -3.56. The number of imidazole rings is 1. The number of aldehydes is 1. The molecule has 32 heavy (non-hydrogen) atoms. The van der Waals surface area contributed by atoms with Crippen LogP contribution in [0.15, 0.2) is 46.9 Å². The van der Waals surface area contributed by atoms with E-state index < -0.39 is 0 Å². The molecule has 0 atom stereocenters. The number of fused-ring (bicyclic) bond motifs is 1. The fraction of sp³-hybridized carbons (Fsp3) is 0.240. The number of carbonyl (C=O) groups is 1. The average Bonchev–Trinajstić information content (AvgIpc) is 3.33. The highest BCUT2D eigenvalue weighted by Gasteiger charge is 2.20. The first-order valence-electron chi connectivity index (χ1n) is 10.4. The number of unbranched alkanes of at least 4 members (excludes halogenated alkanes) is 1. The van der Waals surface area contributed by atoms with Crippen molar-refractivity contribution in [1.82, 2.24) is 9.55 Å². The van der Waals surface area contributed by atoms with Crippen LogP contribution < -0.4 is 4.74 Å². The molecule has 162 valence electrons. The zero-order valence-electron chi connectivity index (χ0n) is 17.9. The van der Waals surface area contributed by atoms with Crippen LogP contribution in [-0.4, -0.2) is 22.9 Å². The normalized spacial score (nSPS) is 10.9. The van der Waals surface area contributed by atoms with Gasteiger partial charge in [0.15, 0.2) is 22.9 Å². The minimum atomic E-state index is 0.225. The molecule has 0 saturated heterocycles. The van der Waals surface area contributed by atoms with Gasteiger partial charge in [0.25, 0.3) is 0 Å². The molecule has 6 nitrogen and oxygen atoms in total. The molecular weight excluding hydrogens is 426 g/mol. The SMILES string of the molecule is CCCCc1nc(Cl)c(C=O)n1Cc1ccc2oc(-c3ccccc3C#N)c(OC)c2c1. The van der Waals surface area contributed by atoms with E-state index in [1.807, 2.05) is 41.0 Å². The van der Waals surface area contributed by atoms with Crippen LogP contribution >= 0.6 is 11.6 Å². The van der Waals surface area contributed by atoms with Crippen molar-refractivity contribution in [2.45, 2.75) is 32.7 Å². The number of hydrogen-bond donors (Lipinski definition) is 0. The highest BCUT2D eigenvalue weighted by atomic mass is 35.5. The summed E-state index contributed by atoms with van der Waals surface area (Å²) in [6.45, 7) is 2.55. The Labute approximate surface area is 191 Å². The number of aromatic nitrogens is 2. The van der Waals surface area contributed by atoms with Gasteiger partial charge in [-0.25, -0.2) is 4.98 Å². The summed E-state index contributed by atoms with van der Waals surface area (Å²) in [7, 11) is 1.58. The molecular formula is C25H22ClN3O3. The molecule has 0 bridgehead atoms. The highest BCUT2D eigenvalue weighted by molar-refractivity contribution is 6.31. The maximum atomic E-state index is 11.7. The van der Waals surface area contributed by atoms with Crippen molar-refractivity contribution in [2.75, 3.05) is 7.11 Å². The summed E-state index contributed by atoms with van der Waals surface area (Å²) >= 11 is 6.21. The third-order valence-electron chi connectivity index (χ3n) is 5.45. The molecule has 0 aliphatic rings. The van der Waals surface area contributed by atoms with Gasteiger partial charge in [-0.15, -0.1) is 0 Å². The fourth-order valence-corrected chi connectivity index (χ4v) is 4.10. The highest BCUT2D eigenvalue weighted by Crippen LogP contribution is 2.41. The average molecular weight is 448 g/mol. The van der Waals surface area contributed by atoms with Crippen molar-refractivity contribution in [3.8, 4) is 23.1 Å². The van der Waals surface area contributed by atoms with Crippen LogP contribution in [0.2, 0.25) is 5.15 Å². The van der Waals surface area contributed by atoms with E-state index in [0.29, 0.717) is 40.5 Å². The zero-order chi connectivity index (χ0) is 22.7. The summed E-state index contributed by atoms with van der Waals surface area (Å²) in [5, 5.41) is 10.5. The second-order valence-electron chi connectivity index (χ2n) is 7.46. The van der Waals surface area contributed by atoms with Gasteiger partial charge in [-0.2, -0.15) is 5.26 Å². The van der Waals surface area contributed by atoms with E-state index in [0.717, 1.165) is 42.3 Å². The van der Waals surface area contributed by atoms with Crippen molar-refractivity contribution in [2.24, 2.45) is 0 Å². The van der Waals surface area contributed by atoms with Crippen LogP contribution in [0.1, 0.15) is 47.2 Å². The third kappa shape index (κ3) is 3.88. The van der Waals surface area contributed by atoms with Gasteiger partial charge in [0.05, 0.1) is 24.1 Å². The van der Waals surface area contributed by atoms with E-state index in [2.05, 4.69) is 18.0 Å². The summed E-state index contributed by atoms with van der Waals surface area (Å²) < 4.78 is 13.6. The minimum absolute atomic E-state index is 0.225. The van der Waals surface area contributed by atoms with Crippen molar-refractivity contribution >= 4 is 28.9 Å². The number of halogens is 1. The number of hydrogen-bond acceptors (Lipinski definition) is 5. The Balaban J connectivity index is 1.79. The number of rotatable bonds is 8. The second kappa shape index (κ2) is 9.29. The second-order valence-corrected chi connectivity index (χ2v) is 7.82. The lowest BCUT2D eigenvalue weighted by Crippen LogP contribution is -2.08. The first-order chi connectivity index (χ1) is 15.6. The molecule has 0 amide bonds. The van der Waals surface area contributed by atoms with Gasteiger partial charge in [-0.1, -0.05) is 43.1 Å². The quantitative estimate of drug-likeness (QED) is 0.308. The van der Waals surface area contributed by atoms with Crippen LogP contribution in [0.5, 0.6) is 5.75 Å². The van der Waals surface area contributed by atoms with Gasteiger partial charge >= 0.3 is 0 Å². The number of nitriles is 1. The van der Waals surface area contributed by atoms with Crippen molar-refractivity contribution in [3.63, 3.8) is 0 Å². The van der Waals surface area contributed by atoms with Gasteiger partial charge < -0.3 is 13.7 Å². The van der Waals surface area contributed by atoms with Crippen molar-refractivity contribution in [1.29, 1.82) is 5.26 Å². The molecule has 0 radical (unpaired) electrons. The molecule has 0 fully saturated rings. The Kier molecular flexibility index (Phi) is 6.29. The summed E-state index contributed by atoms with van der Waals surface area (Å²) in [5.74, 6) is 1.87. The standard InChI is InChI=1S/C25H22ClN3O3/c1-3-4-9-22-28-25(26)20(15-30)29(22)14-16-10-11-21-19(12-16)23(31-2)24(32-21)18-8-6-5-7-17(18)13-27/h5-8,10-12,15H,3-4,9,14H2,1-2H3. The molecule has 0 spiro atoms. The largest absolute Gasteiger partial charge is 0.492 e. The maximum absolute atomic E-state index is 11.7. The number of benzene rings is 2. The summed E-state index contributed by atoms with van der Waals surface area (Å²) in [6.07, 6.45) is 3.48. The zero-order valence-corrected chi connectivity index (χ0v) is 18.6. The van der Waals surface area contributed by atoms with Crippen LogP contribution in [-0.2, 0) is 13.0 Å². The topological polar surface area (TPSA) is 81.0 Å². The number of carbonyl (C=O) groups excluding carboxylic acids is 1. The van der Waals surface area contributed by atoms with E-state index in [1.54, 1.807) is 13.2 Å². The monoisotopic (exact) mass is 447 g/mol. The lowest BCUT2D eigenvalue weighted by molar-refractivity contribution is 0.111. The van der Waals surface area contributed by atoms with E-state index >= 15 is 0 Å². The van der Waals surface area contributed by atoms with Gasteiger partial charge in [-0.05, 0) is 36.2 Å². The molecule has 2 aromatic heterocycles. The maximum Gasteiger partial charge on any atom is 0.178 e. The Bertz CT molecular complexity index is 1330. The molecule has 0 N–H and O–H groups in total. The predicted octanol–water partition coefficient (Wildman–Crippen LogP) is 6.03. The Morgan fingerprint density at radius 1 is 1.28 bits per heavy atom. The molecule has 7 heteroatoms. The van der Waals surface area contributed by atoms with Gasteiger partial charge in [0.2, 0.25) is 0 Å². The number of methoxy groups -OCH3 is 1. The first kappa shape index (κ1) is 21.7. The molecule has 4 rings (SSSR count). The van der Waals surface area contributed by atoms with Gasteiger partial charge in [0, 0.05) is 18.5 Å². The number of furan rings is 1. The summed E-state index contributed by atoms with van der Waals surface area (Å²) in [6, 6.07) is 15.2. The number of ether oxygens (including phenoxy) is 1. The van der Waals surface area contributed by atoms with Crippen LogP contribution in [0.4, 0.5) is 0 Å². The Morgan fingerprint density at radius 2 is 2.09 bits per heavy atom. The molecule has 4 aromatic rings. The number of nitrogens with zero attached hydrogens (tertiary/aromatic N) is 3. The first-order valence-corrected chi connectivity index (χ1v) is 10.8. The Morgan fingerprint density at radius 3 is 2.81 bits per heavy atom. The van der Waals surface area contributed by atoms with E-state index in [-0.39, 0.29) is 5.15 Å². The fourth-order valence-electron chi connectivity index (χ4n) is 3.86. The molecule has 0 saturated carbocycles. The van der Waals surface area contributed by atoms with Crippen molar-refractivity contribution in [3.05, 3.63) is 70.3 Å². The molecule has 0 unspecified atom stereocenters. The summed E-state index contributed by atoms with van der Waals surface area (Å²) in [4.78, 5) is 16.0. The molecule has 0 aliphatic heterocycles. The van der Waals surface area contributed by atoms with Crippen LogP contribution in [0.3, 0.4) is 0 Å². The van der Waals surface area contributed by atoms with Gasteiger partial charge in [0.1, 0.15) is 17.1 Å². The van der Waals surface area contributed by atoms with E-state index in [1.165, 1.54) is 0 Å². The van der Waals surface area contributed by atoms with Crippen LogP contribution in [0.25, 0.3) is 22.3 Å². The number of aryl methyl sites for hydroxylation is 1. The summed E-state index contributed by atoms with van der Waals surface area (Å²) in [5.41, 5.74) is 3.16. The lowest BCUT2D eigenvalue weighted by atomic mass is 10.0. The van der Waals surface area contributed by atoms with Gasteiger partial charge in [-0.3, -0.25) is 4.79 Å². The smallest absolute Gasteiger partial charge is 0.178 e. The van der Waals surface area contributed by atoms with E-state index in [4.69, 9.17) is 20.8 Å². The lowest BCUT2D eigenvalue weighted by Gasteiger charge is -2.10. The van der Waals surface area contributed by atoms with Crippen LogP contribution in [0, 0.1) is 11.3 Å². The molecule has 2 heterocycles. The minimum Gasteiger partial charge on any atom is -0.492 e. The van der Waals surface area contributed by atoms with E-state index in [9.17, 15) is 10.1 Å². The molecule has 0 aliphatic carbocycles. The predicted molar refractivity (Wildman–Crippen MR) is 123 cm³/mol.